The Kier molecular flexibility index (Phi) is 69.6. The summed E-state index contributed by atoms with van der Waals surface area (Å²) >= 11 is 0. The van der Waals surface area contributed by atoms with Crippen LogP contribution in [0.25, 0.3) is 0 Å². The van der Waals surface area contributed by atoms with Gasteiger partial charge in [0.15, 0.2) is 12.2 Å². The second kappa shape index (κ2) is 71.1. The van der Waals surface area contributed by atoms with Crippen molar-refractivity contribution in [2.75, 3.05) is 39.6 Å². The van der Waals surface area contributed by atoms with Gasteiger partial charge in [-0.3, -0.25) is 37.3 Å². The summed E-state index contributed by atoms with van der Waals surface area (Å²) in [7, 11) is -9.91. The number of rotatable bonds is 78. The van der Waals surface area contributed by atoms with E-state index in [1.807, 2.05) is 0 Å². The summed E-state index contributed by atoms with van der Waals surface area (Å²) in [6.45, 7) is 7.25. The lowest BCUT2D eigenvalue weighted by Crippen LogP contribution is -2.30. The number of hydrogen-bond donors (Lipinski definition) is 3. The van der Waals surface area contributed by atoms with E-state index >= 15 is 0 Å². The zero-order valence-electron chi connectivity index (χ0n) is 63.2. The molecule has 5 atom stereocenters. The lowest BCUT2D eigenvalue weighted by atomic mass is 10.0. The Morgan fingerprint density at radius 1 is 0.278 bits per heavy atom. The maximum atomic E-state index is 13.1. The molecule has 0 aliphatic rings. The Hall–Kier alpha value is -1.94. The van der Waals surface area contributed by atoms with E-state index < -0.39 is 97.5 Å². The average Bonchev–Trinajstić information content (AvgIpc) is 1.24. The summed E-state index contributed by atoms with van der Waals surface area (Å²) in [6.07, 6.45) is 61.2. The van der Waals surface area contributed by atoms with Crippen molar-refractivity contribution in [1.82, 2.24) is 0 Å². The van der Waals surface area contributed by atoms with Crippen molar-refractivity contribution in [2.24, 2.45) is 5.92 Å². The van der Waals surface area contributed by atoms with E-state index in [4.69, 9.17) is 37.0 Å². The molecular formula is C78H152O17P2. The first-order valence-electron chi connectivity index (χ1n) is 40.6. The first-order chi connectivity index (χ1) is 47.0. The Balaban J connectivity index is 5.19. The number of aliphatic hydroxyl groups is 1. The third kappa shape index (κ3) is 72.2. The first kappa shape index (κ1) is 95.1. The van der Waals surface area contributed by atoms with Crippen molar-refractivity contribution < 1.29 is 80.2 Å². The molecule has 17 nitrogen and oxygen atoms in total. The van der Waals surface area contributed by atoms with Gasteiger partial charge in [0.25, 0.3) is 0 Å². The van der Waals surface area contributed by atoms with Crippen molar-refractivity contribution in [1.29, 1.82) is 0 Å². The molecule has 0 radical (unpaired) electrons. The number of phosphoric acid groups is 2. The summed E-state index contributed by atoms with van der Waals surface area (Å²) in [5, 5.41) is 10.6. The highest BCUT2D eigenvalue weighted by molar-refractivity contribution is 7.47. The molecule has 0 aromatic rings. The Bertz CT molecular complexity index is 1860. The monoisotopic (exact) mass is 1420 g/mol. The van der Waals surface area contributed by atoms with Gasteiger partial charge in [0.2, 0.25) is 0 Å². The zero-order valence-corrected chi connectivity index (χ0v) is 65.0. The fourth-order valence-electron chi connectivity index (χ4n) is 12.1. The number of ether oxygens (including phenoxy) is 4. The summed E-state index contributed by atoms with van der Waals surface area (Å²) in [5.41, 5.74) is 0. The molecule has 0 rings (SSSR count). The van der Waals surface area contributed by atoms with Crippen LogP contribution in [-0.2, 0) is 65.4 Å². The zero-order chi connectivity index (χ0) is 71.2. The fourth-order valence-corrected chi connectivity index (χ4v) is 13.6. The molecule has 0 bridgehead atoms. The first-order valence-corrected chi connectivity index (χ1v) is 43.6. The van der Waals surface area contributed by atoms with Gasteiger partial charge in [-0.2, -0.15) is 0 Å². The Morgan fingerprint density at radius 3 is 0.701 bits per heavy atom. The molecule has 19 heteroatoms. The van der Waals surface area contributed by atoms with Crippen LogP contribution in [0.1, 0.15) is 413 Å². The summed E-state index contributed by atoms with van der Waals surface area (Å²) in [5.74, 6) is -1.40. The van der Waals surface area contributed by atoms with Gasteiger partial charge in [0.1, 0.15) is 19.3 Å². The number of esters is 4. The van der Waals surface area contributed by atoms with Crippen molar-refractivity contribution in [2.45, 2.75) is 432 Å². The van der Waals surface area contributed by atoms with E-state index in [-0.39, 0.29) is 25.7 Å². The van der Waals surface area contributed by atoms with Crippen molar-refractivity contribution >= 4 is 39.5 Å². The minimum Gasteiger partial charge on any atom is -0.462 e. The highest BCUT2D eigenvalue weighted by Gasteiger charge is 2.30. The number of aliphatic hydroxyl groups excluding tert-OH is 1. The fraction of sp³-hybridized carbons (Fsp3) is 0.949. The smallest absolute Gasteiger partial charge is 0.462 e. The van der Waals surface area contributed by atoms with Crippen LogP contribution in [0.3, 0.4) is 0 Å². The molecule has 0 aromatic carbocycles. The SMILES string of the molecule is CCCCCCCCCCCCCCCCCCCCCCCC(=O)O[C@H](COC(=O)CCCCCCCCCCCCCCCCCC)COP(=O)(O)OC[C@@H](O)COP(=O)(O)OC[C@@H](COC(=O)CCCCCCCCCCC)OC(=O)CCCCCCCCCCC(C)C. The predicted molar refractivity (Wildman–Crippen MR) is 395 cm³/mol. The van der Waals surface area contributed by atoms with Crippen LogP contribution < -0.4 is 0 Å². The average molecular weight is 1420 g/mol. The number of hydrogen-bond acceptors (Lipinski definition) is 15. The third-order valence-corrected chi connectivity index (χ3v) is 20.2. The topological polar surface area (TPSA) is 237 Å². The molecule has 0 heterocycles. The third-order valence-electron chi connectivity index (χ3n) is 18.3. The summed E-state index contributed by atoms with van der Waals surface area (Å²) in [4.78, 5) is 72.8. The molecule has 0 aliphatic heterocycles. The van der Waals surface area contributed by atoms with E-state index in [1.54, 1.807) is 0 Å². The second-order valence-corrected chi connectivity index (χ2v) is 31.5. The molecule has 0 aromatic heterocycles. The van der Waals surface area contributed by atoms with Gasteiger partial charge in [-0.1, -0.05) is 362 Å². The molecule has 0 aliphatic carbocycles. The molecule has 0 spiro atoms. The molecule has 0 saturated carbocycles. The molecule has 3 N–H and O–H groups in total. The number of unbranched alkanes of at least 4 members (excludes halogenated alkanes) is 50. The van der Waals surface area contributed by atoms with Gasteiger partial charge in [-0.05, 0) is 31.6 Å². The quantitative estimate of drug-likeness (QED) is 0.0222. The Labute approximate surface area is 594 Å². The maximum Gasteiger partial charge on any atom is 0.472 e. The number of carbonyl (C=O) groups excluding carboxylic acids is 4. The van der Waals surface area contributed by atoms with Gasteiger partial charge < -0.3 is 33.8 Å². The predicted octanol–water partition coefficient (Wildman–Crippen LogP) is 23.3. The van der Waals surface area contributed by atoms with E-state index in [1.165, 1.54) is 238 Å². The van der Waals surface area contributed by atoms with Gasteiger partial charge in [-0.15, -0.1) is 0 Å². The van der Waals surface area contributed by atoms with Crippen LogP contribution in [0.2, 0.25) is 0 Å². The van der Waals surface area contributed by atoms with Crippen molar-refractivity contribution in [3.8, 4) is 0 Å². The highest BCUT2D eigenvalue weighted by atomic mass is 31.2. The van der Waals surface area contributed by atoms with E-state index in [0.717, 1.165) is 95.8 Å². The van der Waals surface area contributed by atoms with E-state index in [2.05, 4.69) is 34.6 Å². The molecular weight excluding hydrogens is 1270 g/mol. The van der Waals surface area contributed by atoms with Crippen molar-refractivity contribution in [3.63, 3.8) is 0 Å². The summed E-state index contributed by atoms with van der Waals surface area (Å²) in [6, 6.07) is 0. The minimum atomic E-state index is -4.96. The van der Waals surface area contributed by atoms with Gasteiger partial charge in [0, 0.05) is 25.7 Å². The largest absolute Gasteiger partial charge is 0.472 e. The van der Waals surface area contributed by atoms with Crippen LogP contribution in [-0.4, -0.2) is 96.7 Å². The van der Waals surface area contributed by atoms with E-state index in [0.29, 0.717) is 25.7 Å². The molecule has 576 valence electrons. The lowest BCUT2D eigenvalue weighted by molar-refractivity contribution is -0.161. The van der Waals surface area contributed by atoms with Crippen LogP contribution in [0.15, 0.2) is 0 Å². The summed E-state index contributed by atoms with van der Waals surface area (Å²) < 4.78 is 68.5. The number of carbonyl (C=O) groups is 4. The van der Waals surface area contributed by atoms with Crippen LogP contribution in [0.5, 0.6) is 0 Å². The maximum absolute atomic E-state index is 13.1. The Morgan fingerprint density at radius 2 is 0.474 bits per heavy atom. The van der Waals surface area contributed by atoms with Crippen LogP contribution in [0, 0.1) is 5.92 Å². The van der Waals surface area contributed by atoms with Crippen LogP contribution >= 0.6 is 15.6 Å². The van der Waals surface area contributed by atoms with Crippen molar-refractivity contribution in [3.05, 3.63) is 0 Å². The van der Waals surface area contributed by atoms with Gasteiger partial charge >= 0.3 is 39.5 Å². The second-order valence-electron chi connectivity index (χ2n) is 28.6. The number of phosphoric ester groups is 2. The molecule has 0 fully saturated rings. The van der Waals surface area contributed by atoms with E-state index in [9.17, 15) is 43.2 Å². The lowest BCUT2D eigenvalue weighted by Gasteiger charge is -2.21. The van der Waals surface area contributed by atoms with Gasteiger partial charge in [0.05, 0.1) is 26.4 Å². The normalized spacial score (nSPS) is 13.9. The van der Waals surface area contributed by atoms with Crippen LogP contribution in [0.4, 0.5) is 0 Å². The molecule has 0 amide bonds. The van der Waals surface area contributed by atoms with Gasteiger partial charge in [-0.25, -0.2) is 9.13 Å². The minimum absolute atomic E-state index is 0.105. The highest BCUT2D eigenvalue weighted by Crippen LogP contribution is 2.45. The standard InChI is InChI=1S/C78H152O17P2/c1-6-9-12-15-18-21-23-25-27-29-30-31-32-33-35-37-39-42-48-53-58-63-77(82)94-73(68-89-76(81)62-57-52-47-41-38-36-34-28-26-24-22-19-16-13-10-7-2)69-92-96(84,85)90-65-72(79)66-91-97(86,87)93-70-74(67-88-75(80)61-56-51-46-40-20-17-14-11-8-3)95-78(83)64-59-54-49-44-43-45-50-55-60-71(4)5/h71-74,79H,6-70H2,1-5H3,(H,84,85)(H,86,87)/t72-,73-,74-/m1/s1. The molecule has 2 unspecified atom stereocenters. The molecule has 97 heavy (non-hydrogen) atoms. The molecule has 0 saturated heterocycles.